The average Bonchev–Trinajstić information content (AvgIpc) is 3.29. The van der Waals surface area contributed by atoms with E-state index < -0.39 is 0 Å². The lowest BCUT2D eigenvalue weighted by atomic mass is 9.85. The van der Waals surface area contributed by atoms with Gasteiger partial charge in [0.15, 0.2) is 5.82 Å². The van der Waals surface area contributed by atoms with E-state index in [0.717, 1.165) is 38.1 Å². The van der Waals surface area contributed by atoms with Crippen molar-refractivity contribution in [2.75, 3.05) is 19.6 Å². The van der Waals surface area contributed by atoms with Gasteiger partial charge in [0.2, 0.25) is 11.8 Å². The van der Waals surface area contributed by atoms with Crippen LogP contribution in [0.3, 0.4) is 0 Å². The van der Waals surface area contributed by atoms with Crippen molar-refractivity contribution in [3.63, 3.8) is 0 Å². The minimum atomic E-state index is 0.0171. The van der Waals surface area contributed by atoms with Gasteiger partial charge >= 0.3 is 0 Å². The topological polar surface area (TPSA) is 84.5 Å². The Balaban J connectivity index is 1.38. The molecule has 156 valence electrons. The molecule has 0 N–H and O–H groups in total. The van der Waals surface area contributed by atoms with Crippen LogP contribution in [0.4, 0.5) is 0 Å². The fourth-order valence-corrected chi connectivity index (χ4v) is 4.25. The molecule has 0 aromatic carbocycles. The molecule has 1 unspecified atom stereocenters. The Hall–Kier alpha value is -2.64. The average molecular weight is 399 g/mol. The second kappa shape index (κ2) is 8.39. The van der Waals surface area contributed by atoms with Gasteiger partial charge < -0.3 is 18.9 Å². The minimum absolute atomic E-state index is 0.0171. The fraction of sp³-hybridized carbons (Fsp3) is 0.619. The van der Waals surface area contributed by atoms with Gasteiger partial charge in [-0.25, -0.2) is 0 Å². The van der Waals surface area contributed by atoms with Crippen LogP contribution in [0, 0.1) is 0 Å². The van der Waals surface area contributed by atoms with Crippen LogP contribution in [0.25, 0.3) is 0 Å². The van der Waals surface area contributed by atoms with Crippen molar-refractivity contribution in [1.29, 1.82) is 0 Å². The van der Waals surface area contributed by atoms with Crippen LogP contribution >= 0.6 is 0 Å². The number of aromatic nitrogens is 3. The second-order valence-corrected chi connectivity index (χ2v) is 8.19. The summed E-state index contributed by atoms with van der Waals surface area (Å²) in [5.74, 6) is 1.85. The molecule has 1 aliphatic carbocycles. The summed E-state index contributed by atoms with van der Waals surface area (Å²) >= 11 is 0. The van der Waals surface area contributed by atoms with Crippen LogP contribution in [0.2, 0.25) is 0 Å². The molecule has 0 radical (unpaired) electrons. The first kappa shape index (κ1) is 19.7. The van der Waals surface area contributed by atoms with Crippen LogP contribution in [0.1, 0.15) is 67.1 Å². The van der Waals surface area contributed by atoms with E-state index >= 15 is 0 Å². The molecule has 2 amide bonds. The van der Waals surface area contributed by atoms with Crippen LogP contribution < -0.4 is 0 Å². The molecular weight excluding hydrogens is 370 g/mol. The standard InChI is InChI=1S/C21H29N5O3/c1-15(27)26(13-10-19-22-20(29-23-19)16-6-3-7-16)17-8-4-12-25(14-17)21(28)18-9-5-11-24(18)2/h5,9,11,16-17H,3-4,6-8,10,12-14H2,1-2H3. The molecule has 2 aromatic rings. The second-order valence-electron chi connectivity index (χ2n) is 8.19. The first-order valence-corrected chi connectivity index (χ1v) is 10.5. The van der Waals surface area contributed by atoms with Crippen LogP contribution in [0.15, 0.2) is 22.9 Å². The molecule has 2 fully saturated rings. The van der Waals surface area contributed by atoms with E-state index in [1.165, 1.54) is 6.42 Å². The number of likely N-dealkylation sites (tertiary alicyclic amines) is 1. The zero-order valence-electron chi connectivity index (χ0n) is 17.2. The predicted octanol–water partition coefficient (Wildman–Crippen LogP) is 2.37. The van der Waals surface area contributed by atoms with Gasteiger partial charge in [0.25, 0.3) is 5.91 Å². The SMILES string of the molecule is CC(=O)N(CCc1noc(C2CCC2)n1)C1CCCN(C(=O)c2cccn2C)C1. The summed E-state index contributed by atoms with van der Waals surface area (Å²) in [4.78, 5) is 33.5. The Morgan fingerprint density at radius 3 is 2.76 bits per heavy atom. The number of amides is 2. The summed E-state index contributed by atoms with van der Waals surface area (Å²) in [5.41, 5.74) is 0.676. The number of piperidine rings is 1. The Morgan fingerprint density at radius 2 is 2.10 bits per heavy atom. The van der Waals surface area contributed by atoms with Crippen molar-refractivity contribution in [3.8, 4) is 0 Å². The zero-order chi connectivity index (χ0) is 20.4. The highest BCUT2D eigenvalue weighted by molar-refractivity contribution is 5.92. The summed E-state index contributed by atoms with van der Waals surface area (Å²) in [6, 6.07) is 3.73. The molecule has 0 spiro atoms. The third-order valence-electron chi connectivity index (χ3n) is 6.21. The van der Waals surface area contributed by atoms with Crippen LogP contribution in [-0.4, -0.2) is 62.0 Å². The van der Waals surface area contributed by atoms with E-state index in [2.05, 4.69) is 10.1 Å². The maximum Gasteiger partial charge on any atom is 0.270 e. The van der Waals surface area contributed by atoms with Crippen molar-refractivity contribution in [2.24, 2.45) is 7.05 Å². The lowest BCUT2D eigenvalue weighted by Gasteiger charge is -2.39. The van der Waals surface area contributed by atoms with Gasteiger partial charge in [-0.15, -0.1) is 0 Å². The number of hydrogen-bond donors (Lipinski definition) is 0. The summed E-state index contributed by atoms with van der Waals surface area (Å²) < 4.78 is 7.23. The molecule has 8 nitrogen and oxygen atoms in total. The van der Waals surface area contributed by atoms with Crippen LogP contribution in [-0.2, 0) is 18.3 Å². The number of carbonyl (C=O) groups is 2. The molecule has 1 saturated heterocycles. The minimum Gasteiger partial charge on any atom is -0.347 e. The molecule has 3 heterocycles. The largest absolute Gasteiger partial charge is 0.347 e. The number of nitrogens with zero attached hydrogens (tertiary/aromatic N) is 5. The Bertz CT molecular complexity index is 869. The van der Waals surface area contributed by atoms with Crippen molar-refractivity contribution in [3.05, 3.63) is 35.7 Å². The molecule has 1 atom stereocenters. The number of aryl methyl sites for hydroxylation is 1. The highest BCUT2D eigenvalue weighted by atomic mass is 16.5. The summed E-state index contributed by atoms with van der Waals surface area (Å²) in [7, 11) is 1.87. The summed E-state index contributed by atoms with van der Waals surface area (Å²) in [6.45, 7) is 3.41. The van der Waals surface area contributed by atoms with Gasteiger partial charge in [0.1, 0.15) is 5.69 Å². The molecule has 8 heteroatoms. The fourth-order valence-electron chi connectivity index (χ4n) is 4.25. The molecule has 1 saturated carbocycles. The molecule has 4 rings (SSSR count). The highest BCUT2D eigenvalue weighted by Crippen LogP contribution is 2.35. The quantitative estimate of drug-likeness (QED) is 0.745. The third-order valence-corrected chi connectivity index (χ3v) is 6.21. The number of rotatable bonds is 6. The van der Waals surface area contributed by atoms with Crippen molar-refractivity contribution < 1.29 is 14.1 Å². The molecule has 2 aliphatic rings. The summed E-state index contributed by atoms with van der Waals surface area (Å²) in [6.07, 6.45) is 7.69. The molecule has 2 aromatic heterocycles. The van der Waals surface area contributed by atoms with Gasteiger partial charge in [-0.3, -0.25) is 9.59 Å². The van der Waals surface area contributed by atoms with E-state index in [-0.39, 0.29) is 17.9 Å². The van der Waals surface area contributed by atoms with Gasteiger partial charge in [0, 0.05) is 58.2 Å². The smallest absolute Gasteiger partial charge is 0.270 e. The van der Waals surface area contributed by atoms with E-state index in [0.29, 0.717) is 36.9 Å². The highest BCUT2D eigenvalue weighted by Gasteiger charge is 2.31. The first-order valence-electron chi connectivity index (χ1n) is 10.5. The van der Waals surface area contributed by atoms with E-state index in [4.69, 9.17) is 4.52 Å². The number of hydrogen-bond acceptors (Lipinski definition) is 5. The number of carbonyl (C=O) groups excluding carboxylic acids is 2. The normalized spacial score (nSPS) is 19.8. The maximum atomic E-state index is 12.9. The predicted molar refractivity (Wildman–Crippen MR) is 106 cm³/mol. The lowest BCUT2D eigenvalue weighted by molar-refractivity contribution is -0.132. The van der Waals surface area contributed by atoms with E-state index in [1.54, 1.807) is 6.92 Å². The first-order chi connectivity index (χ1) is 14.0. The van der Waals surface area contributed by atoms with Crippen molar-refractivity contribution >= 4 is 11.8 Å². The lowest BCUT2D eigenvalue weighted by Crippen LogP contribution is -2.52. The van der Waals surface area contributed by atoms with Crippen LogP contribution in [0.5, 0.6) is 0 Å². The molecular formula is C21H29N5O3. The van der Waals surface area contributed by atoms with E-state index in [1.807, 2.05) is 39.7 Å². The van der Waals surface area contributed by atoms with Crippen molar-refractivity contribution in [2.45, 2.75) is 57.4 Å². The Labute approximate surface area is 170 Å². The Morgan fingerprint density at radius 1 is 1.28 bits per heavy atom. The molecule has 1 aliphatic heterocycles. The Kier molecular flexibility index (Phi) is 5.69. The third kappa shape index (κ3) is 4.21. The van der Waals surface area contributed by atoms with Gasteiger partial charge in [-0.2, -0.15) is 4.98 Å². The summed E-state index contributed by atoms with van der Waals surface area (Å²) in [5, 5.41) is 4.09. The zero-order valence-corrected chi connectivity index (χ0v) is 17.2. The van der Waals surface area contributed by atoms with Gasteiger partial charge in [0.05, 0.1) is 0 Å². The van der Waals surface area contributed by atoms with Crippen molar-refractivity contribution in [1.82, 2.24) is 24.5 Å². The maximum absolute atomic E-state index is 12.9. The monoisotopic (exact) mass is 399 g/mol. The molecule has 0 bridgehead atoms. The van der Waals surface area contributed by atoms with E-state index in [9.17, 15) is 9.59 Å². The van der Waals surface area contributed by atoms with Gasteiger partial charge in [-0.1, -0.05) is 11.6 Å². The molecule has 29 heavy (non-hydrogen) atoms. The van der Waals surface area contributed by atoms with Gasteiger partial charge in [-0.05, 0) is 37.8 Å².